The van der Waals surface area contributed by atoms with E-state index in [1.807, 2.05) is 13.8 Å². The number of aromatic hydroxyl groups is 1. The van der Waals surface area contributed by atoms with Gasteiger partial charge < -0.3 is 30.2 Å². The quantitative estimate of drug-likeness (QED) is 0.135. The van der Waals surface area contributed by atoms with Crippen LogP contribution in [-0.2, 0) is 35.7 Å². The van der Waals surface area contributed by atoms with Gasteiger partial charge in [0.25, 0.3) is 5.56 Å². The van der Waals surface area contributed by atoms with Crippen LogP contribution in [0.3, 0.4) is 0 Å². The van der Waals surface area contributed by atoms with Crippen molar-refractivity contribution in [2.24, 2.45) is 5.92 Å². The lowest BCUT2D eigenvalue weighted by Crippen LogP contribution is -2.44. The summed E-state index contributed by atoms with van der Waals surface area (Å²) < 4.78 is 34.3. The molecule has 0 aliphatic heterocycles. The fraction of sp³-hybridized carbons (Fsp3) is 0.393. The first-order valence-electron chi connectivity index (χ1n) is 13.4. The summed E-state index contributed by atoms with van der Waals surface area (Å²) in [6.45, 7) is 5.91. The second kappa shape index (κ2) is 16.2. The van der Waals surface area contributed by atoms with Crippen LogP contribution in [-0.4, -0.2) is 66.1 Å². The number of benzene rings is 1. The van der Waals surface area contributed by atoms with Crippen molar-refractivity contribution < 1.29 is 42.5 Å². The smallest absolute Gasteiger partial charge is 0.339 e. The molecule has 2 amide bonds. The number of pyridine rings is 1. The molecule has 0 spiro atoms. The molecule has 1 heterocycles. The molecule has 14 nitrogen and oxygen atoms in total. The van der Waals surface area contributed by atoms with Crippen LogP contribution >= 0.6 is 0 Å². The predicted molar refractivity (Wildman–Crippen MR) is 156 cm³/mol. The summed E-state index contributed by atoms with van der Waals surface area (Å²) >= 11 is 0. The fourth-order valence-electron chi connectivity index (χ4n) is 3.67. The number of amides is 2. The zero-order valence-electron chi connectivity index (χ0n) is 24.0. The summed E-state index contributed by atoms with van der Waals surface area (Å²) in [6.07, 6.45) is 4.47. The van der Waals surface area contributed by atoms with Gasteiger partial charge in [-0.05, 0) is 62.4 Å². The number of ether oxygens (including phenoxy) is 1. The highest BCUT2D eigenvalue weighted by Crippen LogP contribution is 2.22. The van der Waals surface area contributed by atoms with Gasteiger partial charge in [-0.2, -0.15) is 4.72 Å². The Balaban J connectivity index is 2.29. The van der Waals surface area contributed by atoms with Crippen molar-refractivity contribution in [3.63, 3.8) is 0 Å². The summed E-state index contributed by atoms with van der Waals surface area (Å²) in [5.41, 5.74) is -1.59. The minimum Gasteiger partial charge on any atom is -0.507 e. The molecule has 234 valence electrons. The maximum absolute atomic E-state index is 13.3. The SMILES string of the molecule is CCOC(=O)/C=C/CCC(NS(=O)(=O)c1ccc(O)c(C(=O)O)c1)C(=O)Nc1cccn(CC(=O)NCCC(C)C)c1=O. The number of carbonyl (C=O) groups excluding carboxylic acids is 3. The number of sulfonamides is 1. The maximum Gasteiger partial charge on any atom is 0.339 e. The number of esters is 1. The highest BCUT2D eigenvalue weighted by molar-refractivity contribution is 7.89. The summed E-state index contributed by atoms with van der Waals surface area (Å²) in [5.74, 6) is -3.81. The van der Waals surface area contributed by atoms with Crippen molar-refractivity contribution in [3.05, 3.63) is 64.6 Å². The molecule has 2 aromatic rings. The second-order valence-electron chi connectivity index (χ2n) is 9.77. The summed E-state index contributed by atoms with van der Waals surface area (Å²) in [4.78, 5) is 60.9. The van der Waals surface area contributed by atoms with E-state index >= 15 is 0 Å². The molecule has 0 radical (unpaired) electrons. The number of phenols is 1. The number of allylic oxidation sites excluding steroid dienone is 1. The number of rotatable bonds is 16. The van der Waals surface area contributed by atoms with E-state index in [9.17, 15) is 42.6 Å². The highest BCUT2D eigenvalue weighted by Gasteiger charge is 2.27. The van der Waals surface area contributed by atoms with E-state index in [0.29, 0.717) is 12.5 Å². The Morgan fingerprint density at radius 3 is 2.49 bits per heavy atom. The minimum absolute atomic E-state index is 0.0327. The molecule has 43 heavy (non-hydrogen) atoms. The van der Waals surface area contributed by atoms with E-state index < -0.39 is 61.6 Å². The molecule has 15 heteroatoms. The molecule has 1 aromatic heterocycles. The lowest BCUT2D eigenvalue weighted by molar-refractivity contribution is -0.137. The first-order chi connectivity index (χ1) is 20.2. The van der Waals surface area contributed by atoms with E-state index in [-0.39, 0.29) is 31.7 Å². The Morgan fingerprint density at radius 2 is 1.84 bits per heavy atom. The van der Waals surface area contributed by atoms with Gasteiger partial charge in [0.05, 0.1) is 11.5 Å². The van der Waals surface area contributed by atoms with Crippen molar-refractivity contribution in [2.45, 2.75) is 57.5 Å². The monoisotopic (exact) mass is 620 g/mol. The number of anilines is 1. The zero-order chi connectivity index (χ0) is 32.2. The Morgan fingerprint density at radius 1 is 1.12 bits per heavy atom. The van der Waals surface area contributed by atoms with Crippen molar-refractivity contribution in [3.8, 4) is 5.75 Å². The second-order valence-corrected chi connectivity index (χ2v) is 11.5. The number of carbonyl (C=O) groups is 4. The van der Waals surface area contributed by atoms with Gasteiger partial charge in [-0.3, -0.25) is 14.4 Å². The number of carboxylic acid groups (broad SMARTS) is 1. The molecule has 0 aliphatic carbocycles. The van der Waals surface area contributed by atoms with Crippen molar-refractivity contribution in [1.29, 1.82) is 0 Å². The van der Waals surface area contributed by atoms with Crippen LogP contribution in [0, 0.1) is 5.92 Å². The largest absolute Gasteiger partial charge is 0.507 e. The number of hydrogen-bond donors (Lipinski definition) is 5. The molecule has 0 saturated heterocycles. The van der Waals surface area contributed by atoms with Crippen LogP contribution in [0.15, 0.2) is 58.4 Å². The molecule has 0 fully saturated rings. The maximum atomic E-state index is 13.3. The van der Waals surface area contributed by atoms with Gasteiger partial charge in [0.15, 0.2) is 0 Å². The van der Waals surface area contributed by atoms with Gasteiger partial charge in [-0.1, -0.05) is 19.9 Å². The molecule has 0 bridgehead atoms. The van der Waals surface area contributed by atoms with Crippen molar-refractivity contribution in [1.82, 2.24) is 14.6 Å². The Bertz CT molecular complexity index is 1520. The molecule has 2 rings (SSSR count). The lowest BCUT2D eigenvalue weighted by atomic mass is 10.1. The van der Waals surface area contributed by atoms with Gasteiger partial charge in [0.1, 0.15) is 29.6 Å². The Labute approximate surface area is 248 Å². The third-order valence-electron chi connectivity index (χ3n) is 5.92. The summed E-state index contributed by atoms with van der Waals surface area (Å²) in [6, 6.07) is 3.81. The van der Waals surface area contributed by atoms with Gasteiger partial charge in [-0.25, -0.2) is 18.0 Å². The summed E-state index contributed by atoms with van der Waals surface area (Å²) in [5, 5.41) is 24.1. The van der Waals surface area contributed by atoms with Crippen LogP contribution in [0.5, 0.6) is 5.75 Å². The van der Waals surface area contributed by atoms with Gasteiger partial charge >= 0.3 is 11.9 Å². The number of carboxylic acids is 1. The van der Waals surface area contributed by atoms with E-state index in [1.54, 1.807) is 6.92 Å². The standard InChI is InChI=1S/C28H36N4O10S/c1-4-42-25(35)10-6-5-8-21(31-43(40,41)19-11-12-23(33)20(16-19)28(38)39)26(36)30-22-9-7-15-32(27(22)37)17-24(34)29-14-13-18(2)3/h6-7,9-12,15-16,18,21,31,33H,4-5,8,13-14,17H2,1-3H3,(H,29,34)(H,30,36)(H,38,39)/b10-6+. The van der Waals surface area contributed by atoms with E-state index in [4.69, 9.17) is 4.74 Å². The van der Waals surface area contributed by atoms with E-state index in [0.717, 1.165) is 35.3 Å². The number of aromatic nitrogens is 1. The van der Waals surface area contributed by atoms with Gasteiger partial charge in [0.2, 0.25) is 21.8 Å². The third-order valence-corrected chi connectivity index (χ3v) is 7.39. The van der Waals surface area contributed by atoms with Crippen LogP contribution in [0.25, 0.3) is 0 Å². The fourth-order valence-corrected chi connectivity index (χ4v) is 4.93. The van der Waals surface area contributed by atoms with Gasteiger partial charge in [-0.15, -0.1) is 0 Å². The summed E-state index contributed by atoms with van der Waals surface area (Å²) in [7, 11) is -4.52. The minimum atomic E-state index is -4.52. The van der Waals surface area contributed by atoms with E-state index in [1.165, 1.54) is 24.4 Å². The van der Waals surface area contributed by atoms with Crippen molar-refractivity contribution in [2.75, 3.05) is 18.5 Å². The average Bonchev–Trinajstić information content (AvgIpc) is 2.92. The first kappa shape index (κ1) is 34.7. The lowest BCUT2D eigenvalue weighted by Gasteiger charge is -2.18. The third kappa shape index (κ3) is 11.0. The number of nitrogens with zero attached hydrogens (tertiary/aromatic N) is 1. The molecular weight excluding hydrogens is 584 g/mol. The molecule has 0 saturated carbocycles. The predicted octanol–water partition coefficient (Wildman–Crippen LogP) is 1.60. The van der Waals surface area contributed by atoms with E-state index in [2.05, 4.69) is 15.4 Å². The number of nitrogens with one attached hydrogen (secondary N) is 3. The normalized spacial score (nSPS) is 12.2. The van der Waals surface area contributed by atoms with Crippen LogP contribution in [0.1, 0.15) is 50.4 Å². The zero-order valence-corrected chi connectivity index (χ0v) is 24.8. The molecule has 5 N–H and O–H groups in total. The first-order valence-corrected chi connectivity index (χ1v) is 14.9. The van der Waals surface area contributed by atoms with Crippen LogP contribution in [0.2, 0.25) is 0 Å². The topological polar surface area (TPSA) is 210 Å². The molecule has 1 atom stereocenters. The Kier molecular flexibility index (Phi) is 13.1. The van der Waals surface area contributed by atoms with Crippen LogP contribution < -0.4 is 20.9 Å². The van der Waals surface area contributed by atoms with Crippen LogP contribution in [0.4, 0.5) is 5.69 Å². The highest BCUT2D eigenvalue weighted by atomic mass is 32.2. The molecule has 0 aliphatic rings. The van der Waals surface area contributed by atoms with Crippen molar-refractivity contribution >= 4 is 39.5 Å². The molecular formula is C28H36N4O10S. The molecule has 1 aromatic carbocycles. The average molecular weight is 621 g/mol. The Hall–Kier alpha value is -4.50. The molecule has 1 unspecified atom stereocenters. The number of aromatic carboxylic acids is 1. The number of hydrogen-bond acceptors (Lipinski definition) is 9. The van der Waals surface area contributed by atoms with Gasteiger partial charge in [0, 0.05) is 18.8 Å².